The molecule has 0 saturated carbocycles. The van der Waals surface area contributed by atoms with Crippen molar-refractivity contribution >= 4 is 29.1 Å². The molecule has 3 aromatic carbocycles. The molecule has 166 valence electrons. The first-order valence-corrected chi connectivity index (χ1v) is 11.2. The molecule has 0 radical (unpaired) electrons. The second-order valence-corrected chi connectivity index (χ2v) is 8.22. The first-order valence-electron chi connectivity index (χ1n) is 10.8. The van der Waals surface area contributed by atoms with Gasteiger partial charge >= 0.3 is 0 Å². The van der Waals surface area contributed by atoms with Crippen LogP contribution in [-0.2, 0) is 11.2 Å². The van der Waals surface area contributed by atoms with Crippen LogP contribution >= 0.6 is 11.6 Å². The van der Waals surface area contributed by atoms with E-state index in [4.69, 9.17) is 11.6 Å². The van der Waals surface area contributed by atoms with Gasteiger partial charge in [0.2, 0.25) is 11.9 Å². The van der Waals surface area contributed by atoms with Crippen molar-refractivity contribution in [3.8, 4) is 22.5 Å². The zero-order chi connectivity index (χ0) is 23.2. The fourth-order valence-corrected chi connectivity index (χ4v) is 3.48. The maximum Gasteiger partial charge on any atom is 0.246 e. The van der Waals surface area contributed by atoms with Gasteiger partial charge in [0.1, 0.15) is 0 Å². The van der Waals surface area contributed by atoms with Gasteiger partial charge in [-0.05, 0) is 49.2 Å². The summed E-state index contributed by atoms with van der Waals surface area (Å²) in [6.07, 6.45) is 0.978. The number of hydrogen-bond acceptors (Lipinski definition) is 4. The zero-order valence-electron chi connectivity index (χ0n) is 18.6. The molecule has 0 bridgehead atoms. The highest BCUT2D eigenvalue weighted by molar-refractivity contribution is 6.30. The maximum absolute atomic E-state index is 12.6. The number of anilines is 2. The molecule has 6 heteroatoms. The Morgan fingerprint density at radius 3 is 2.00 bits per heavy atom. The van der Waals surface area contributed by atoms with Gasteiger partial charge in [0.15, 0.2) is 0 Å². The van der Waals surface area contributed by atoms with E-state index in [2.05, 4.69) is 27.5 Å². The number of hydrogen-bond donors (Lipinski definition) is 2. The Morgan fingerprint density at radius 1 is 0.848 bits per heavy atom. The van der Waals surface area contributed by atoms with E-state index in [1.807, 2.05) is 85.8 Å². The van der Waals surface area contributed by atoms with Crippen molar-refractivity contribution in [2.45, 2.75) is 20.3 Å². The first kappa shape index (κ1) is 22.5. The normalized spacial score (nSPS) is 10.6. The molecular formula is C27H25ClN4O. The largest absolute Gasteiger partial charge is 0.376 e. The van der Waals surface area contributed by atoms with Crippen LogP contribution in [0, 0.1) is 6.92 Å². The minimum absolute atomic E-state index is 0.111. The lowest BCUT2D eigenvalue weighted by molar-refractivity contribution is -0.114. The molecule has 5 nitrogen and oxygen atoms in total. The quantitative estimate of drug-likeness (QED) is 0.338. The van der Waals surface area contributed by atoms with E-state index in [0.717, 1.165) is 34.5 Å². The molecule has 1 heterocycles. The lowest BCUT2D eigenvalue weighted by Crippen LogP contribution is -2.23. The highest BCUT2D eigenvalue weighted by Gasteiger charge is 2.11. The van der Waals surface area contributed by atoms with E-state index in [-0.39, 0.29) is 18.4 Å². The number of carbonyl (C=O) groups is 1. The van der Waals surface area contributed by atoms with Crippen LogP contribution in [0.2, 0.25) is 5.02 Å². The molecule has 0 atom stereocenters. The summed E-state index contributed by atoms with van der Waals surface area (Å²) >= 11 is 6.05. The Hall–Kier alpha value is -3.70. The van der Waals surface area contributed by atoms with Gasteiger partial charge in [0.25, 0.3) is 0 Å². The van der Waals surface area contributed by atoms with Crippen LogP contribution in [0.4, 0.5) is 11.6 Å². The third-order valence-electron chi connectivity index (χ3n) is 5.28. The minimum atomic E-state index is -0.224. The van der Waals surface area contributed by atoms with Gasteiger partial charge in [0, 0.05) is 21.8 Å². The Morgan fingerprint density at radius 2 is 1.42 bits per heavy atom. The minimum Gasteiger partial charge on any atom is -0.376 e. The third kappa shape index (κ3) is 5.96. The average Bonchev–Trinajstić information content (AvgIpc) is 2.84. The third-order valence-corrected chi connectivity index (χ3v) is 5.53. The Labute approximate surface area is 198 Å². The van der Waals surface area contributed by atoms with E-state index in [0.29, 0.717) is 10.7 Å². The highest BCUT2D eigenvalue weighted by atomic mass is 35.5. The zero-order valence-corrected chi connectivity index (χ0v) is 19.4. The average molecular weight is 457 g/mol. The predicted octanol–water partition coefficient (Wildman–Crippen LogP) is 6.39. The topological polar surface area (TPSA) is 66.9 Å². The van der Waals surface area contributed by atoms with Crippen molar-refractivity contribution in [2.24, 2.45) is 0 Å². The van der Waals surface area contributed by atoms with Crippen LogP contribution in [0.5, 0.6) is 0 Å². The summed E-state index contributed by atoms with van der Waals surface area (Å²) in [6.45, 7) is 4.26. The first-order chi connectivity index (χ1) is 16.0. The van der Waals surface area contributed by atoms with E-state index in [1.165, 1.54) is 5.56 Å². The molecular weight excluding hydrogens is 432 g/mol. The molecule has 4 rings (SSSR count). The predicted molar refractivity (Wildman–Crippen MR) is 136 cm³/mol. The molecule has 4 aromatic rings. The summed E-state index contributed by atoms with van der Waals surface area (Å²) in [5, 5.41) is 6.62. The molecule has 0 spiro atoms. The fourth-order valence-electron chi connectivity index (χ4n) is 3.35. The molecule has 2 N–H and O–H groups in total. The molecule has 0 aliphatic carbocycles. The van der Waals surface area contributed by atoms with Gasteiger partial charge in [0.05, 0.1) is 17.9 Å². The summed E-state index contributed by atoms with van der Waals surface area (Å²) in [5.74, 6) is 0.0313. The van der Waals surface area contributed by atoms with Crippen molar-refractivity contribution in [1.29, 1.82) is 0 Å². The maximum atomic E-state index is 12.6. The fraction of sp³-hybridized carbons (Fsp3) is 0.148. The van der Waals surface area contributed by atoms with Crippen LogP contribution < -0.4 is 10.6 Å². The summed E-state index contributed by atoms with van der Waals surface area (Å²) in [5.41, 5.74) is 6.57. The number of amides is 1. The van der Waals surface area contributed by atoms with Crippen LogP contribution in [0.25, 0.3) is 22.5 Å². The number of aromatic nitrogens is 2. The van der Waals surface area contributed by atoms with Gasteiger partial charge in [-0.2, -0.15) is 0 Å². The number of carbonyl (C=O) groups excluding carboxylic acids is 1. The lowest BCUT2D eigenvalue weighted by atomic mass is 10.1. The van der Waals surface area contributed by atoms with Crippen molar-refractivity contribution in [2.75, 3.05) is 17.2 Å². The van der Waals surface area contributed by atoms with E-state index < -0.39 is 0 Å². The van der Waals surface area contributed by atoms with E-state index in [9.17, 15) is 4.79 Å². The standard InChI is InChI=1S/C27H25ClN4O/c1-3-19-6-14-23(15-7-19)29-17-26(33)32-27-30-24(20-8-4-18(2)5-9-20)16-25(31-27)21-10-12-22(28)13-11-21/h4-16,29H,3,17H2,1-2H3,(H,30,31,32,33). The monoisotopic (exact) mass is 456 g/mol. The summed E-state index contributed by atoms with van der Waals surface area (Å²) in [7, 11) is 0. The number of rotatable bonds is 7. The summed E-state index contributed by atoms with van der Waals surface area (Å²) < 4.78 is 0. The molecule has 0 unspecified atom stereocenters. The Balaban J connectivity index is 1.57. The highest BCUT2D eigenvalue weighted by Crippen LogP contribution is 2.26. The van der Waals surface area contributed by atoms with Gasteiger partial charge in [-0.25, -0.2) is 9.97 Å². The van der Waals surface area contributed by atoms with Crippen molar-refractivity contribution in [3.05, 3.63) is 95.0 Å². The van der Waals surface area contributed by atoms with Crippen molar-refractivity contribution in [1.82, 2.24) is 9.97 Å². The van der Waals surface area contributed by atoms with Crippen LogP contribution in [0.3, 0.4) is 0 Å². The van der Waals surface area contributed by atoms with Gasteiger partial charge in [-0.15, -0.1) is 0 Å². The number of aryl methyl sites for hydroxylation is 2. The van der Waals surface area contributed by atoms with E-state index in [1.54, 1.807) is 0 Å². The molecule has 0 aliphatic heterocycles. The number of halogens is 1. The van der Waals surface area contributed by atoms with Crippen LogP contribution in [-0.4, -0.2) is 22.4 Å². The van der Waals surface area contributed by atoms with Crippen molar-refractivity contribution in [3.63, 3.8) is 0 Å². The summed E-state index contributed by atoms with van der Waals surface area (Å²) in [4.78, 5) is 21.8. The second kappa shape index (κ2) is 10.3. The van der Waals surface area contributed by atoms with Gasteiger partial charge < -0.3 is 5.32 Å². The van der Waals surface area contributed by atoms with Crippen molar-refractivity contribution < 1.29 is 4.79 Å². The number of benzene rings is 3. The molecule has 1 amide bonds. The van der Waals surface area contributed by atoms with E-state index >= 15 is 0 Å². The summed E-state index contributed by atoms with van der Waals surface area (Å²) in [6, 6.07) is 25.5. The van der Waals surface area contributed by atoms with Crippen LogP contribution in [0.15, 0.2) is 78.9 Å². The number of nitrogens with zero attached hydrogens (tertiary/aromatic N) is 2. The molecule has 33 heavy (non-hydrogen) atoms. The second-order valence-electron chi connectivity index (χ2n) is 7.79. The van der Waals surface area contributed by atoms with Gasteiger partial charge in [-0.1, -0.05) is 72.6 Å². The molecule has 1 aromatic heterocycles. The van der Waals surface area contributed by atoms with Crippen LogP contribution in [0.1, 0.15) is 18.1 Å². The SMILES string of the molecule is CCc1ccc(NCC(=O)Nc2nc(-c3ccc(C)cc3)cc(-c3ccc(Cl)cc3)n2)cc1. The molecule has 0 saturated heterocycles. The Kier molecular flexibility index (Phi) is 7.01. The van der Waals surface area contributed by atoms with Gasteiger partial charge in [-0.3, -0.25) is 10.1 Å². The number of nitrogens with one attached hydrogen (secondary N) is 2. The Bertz CT molecular complexity index is 1170. The lowest BCUT2D eigenvalue weighted by Gasteiger charge is -2.11. The molecule has 0 aliphatic rings. The molecule has 0 fully saturated rings. The smallest absolute Gasteiger partial charge is 0.246 e.